The van der Waals surface area contributed by atoms with E-state index >= 15 is 0 Å². The van der Waals surface area contributed by atoms with Gasteiger partial charge in [0.2, 0.25) is 6.10 Å². The van der Waals surface area contributed by atoms with E-state index in [1.54, 1.807) is 36.4 Å². The molecule has 0 radical (unpaired) electrons. The molecule has 7 heteroatoms. The lowest BCUT2D eigenvalue weighted by atomic mass is 10.1. The second kappa shape index (κ2) is 8.26. The Morgan fingerprint density at radius 1 is 1.12 bits per heavy atom. The Labute approximate surface area is 143 Å². The minimum atomic E-state index is -1.16. The van der Waals surface area contributed by atoms with Crippen molar-refractivity contribution in [3.8, 4) is 0 Å². The van der Waals surface area contributed by atoms with Crippen LogP contribution in [0.4, 0.5) is 0 Å². The standard InChI is InChI=1S/C17H17NO5S/c1-11-8-9-13(24-11)16(20)18-10-14(19)23-15(17(21)22-2)12-6-4-3-5-7-12/h3-9,15H,10H2,1-2H3,(H,18,20). The van der Waals surface area contributed by atoms with Gasteiger partial charge in [0.15, 0.2) is 0 Å². The minimum Gasteiger partial charge on any atom is -0.466 e. The van der Waals surface area contributed by atoms with Gasteiger partial charge in [0.1, 0.15) is 6.54 Å². The van der Waals surface area contributed by atoms with Gasteiger partial charge in [0, 0.05) is 10.4 Å². The molecule has 2 aromatic rings. The number of nitrogens with one attached hydrogen (secondary N) is 1. The van der Waals surface area contributed by atoms with Gasteiger partial charge in [-0.1, -0.05) is 30.3 Å². The molecular weight excluding hydrogens is 330 g/mol. The number of thiophene rings is 1. The number of carbonyl (C=O) groups excluding carboxylic acids is 3. The van der Waals surface area contributed by atoms with Crippen LogP contribution in [0, 0.1) is 6.92 Å². The van der Waals surface area contributed by atoms with Gasteiger partial charge in [-0.2, -0.15) is 0 Å². The van der Waals surface area contributed by atoms with Gasteiger partial charge in [0.25, 0.3) is 5.91 Å². The van der Waals surface area contributed by atoms with Crippen LogP contribution in [-0.4, -0.2) is 31.5 Å². The van der Waals surface area contributed by atoms with Crippen LogP contribution in [0.2, 0.25) is 0 Å². The van der Waals surface area contributed by atoms with Crippen LogP contribution in [0.5, 0.6) is 0 Å². The SMILES string of the molecule is COC(=O)C(OC(=O)CNC(=O)c1ccc(C)s1)c1ccccc1. The smallest absolute Gasteiger partial charge is 0.351 e. The van der Waals surface area contributed by atoms with Crippen molar-refractivity contribution in [2.45, 2.75) is 13.0 Å². The number of benzene rings is 1. The third kappa shape index (κ3) is 4.66. The number of hydrogen-bond donors (Lipinski definition) is 1. The van der Waals surface area contributed by atoms with E-state index < -0.39 is 18.0 Å². The molecule has 0 saturated heterocycles. The van der Waals surface area contributed by atoms with Crippen molar-refractivity contribution in [2.24, 2.45) is 0 Å². The van der Waals surface area contributed by atoms with Crippen molar-refractivity contribution in [3.63, 3.8) is 0 Å². The summed E-state index contributed by atoms with van der Waals surface area (Å²) in [5.41, 5.74) is 0.498. The first-order chi connectivity index (χ1) is 11.5. The lowest BCUT2D eigenvalue weighted by Gasteiger charge is -2.16. The number of methoxy groups -OCH3 is 1. The maximum atomic E-state index is 11.9. The molecular formula is C17H17NO5S. The van der Waals surface area contributed by atoms with Crippen LogP contribution in [-0.2, 0) is 19.1 Å². The Morgan fingerprint density at radius 2 is 1.83 bits per heavy atom. The van der Waals surface area contributed by atoms with Crippen LogP contribution in [0.15, 0.2) is 42.5 Å². The molecule has 0 aliphatic carbocycles. The molecule has 1 atom stereocenters. The molecule has 0 aliphatic heterocycles. The quantitative estimate of drug-likeness (QED) is 0.811. The number of amides is 1. The highest BCUT2D eigenvalue weighted by Crippen LogP contribution is 2.19. The molecule has 1 aromatic carbocycles. The predicted octanol–water partition coefficient (Wildman–Crippen LogP) is 2.24. The summed E-state index contributed by atoms with van der Waals surface area (Å²) in [4.78, 5) is 37.2. The van der Waals surface area contributed by atoms with E-state index in [-0.39, 0.29) is 12.5 Å². The zero-order valence-corrected chi connectivity index (χ0v) is 14.1. The topological polar surface area (TPSA) is 81.7 Å². The fourth-order valence-electron chi connectivity index (χ4n) is 1.96. The second-order valence-corrected chi connectivity index (χ2v) is 6.18. The molecule has 1 unspecified atom stereocenters. The largest absolute Gasteiger partial charge is 0.466 e. The van der Waals surface area contributed by atoms with Crippen molar-refractivity contribution < 1.29 is 23.9 Å². The summed E-state index contributed by atoms with van der Waals surface area (Å²) >= 11 is 1.33. The van der Waals surface area contributed by atoms with Gasteiger partial charge < -0.3 is 14.8 Å². The fraction of sp³-hybridized carbons (Fsp3) is 0.235. The van der Waals surface area contributed by atoms with Crippen LogP contribution < -0.4 is 5.32 Å². The average molecular weight is 347 g/mol. The van der Waals surface area contributed by atoms with Crippen LogP contribution in [0.1, 0.15) is 26.2 Å². The Balaban J connectivity index is 1.95. The molecule has 1 amide bonds. The number of rotatable bonds is 6. The van der Waals surface area contributed by atoms with Gasteiger partial charge >= 0.3 is 11.9 Å². The Kier molecular flexibility index (Phi) is 6.08. The Hall–Kier alpha value is -2.67. The molecule has 2 rings (SSSR count). The maximum Gasteiger partial charge on any atom is 0.351 e. The van der Waals surface area contributed by atoms with Gasteiger partial charge in [-0.05, 0) is 19.1 Å². The summed E-state index contributed by atoms with van der Waals surface area (Å²) in [5.74, 6) is -1.77. The monoisotopic (exact) mass is 347 g/mol. The van der Waals surface area contributed by atoms with E-state index in [4.69, 9.17) is 4.74 Å². The molecule has 126 valence electrons. The molecule has 0 aliphatic rings. The van der Waals surface area contributed by atoms with E-state index in [1.165, 1.54) is 18.4 Å². The first kappa shape index (κ1) is 17.7. The van der Waals surface area contributed by atoms with Crippen molar-refractivity contribution >= 4 is 29.2 Å². The minimum absolute atomic E-state index is 0.337. The summed E-state index contributed by atoms with van der Waals surface area (Å²) < 4.78 is 9.82. The summed E-state index contributed by atoms with van der Waals surface area (Å²) in [6, 6.07) is 12.0. The van der Waals surface area contributed by atoms with E-state index in [9.17, 15) is 14.4 Å². The van der Waals surface area contributed by atoms with Gasteiger partial charge in [-0.15, -0.1) is 11.3 Å². The molecule has 6 nitrogen and oxygen atoms in total. The van der Waals surface area contributed by atoms with Crippen LogP contribution in [0.3, 0.4) is 0 Å². The zero-order valence-electron chi connectivity index (χ0n) is 13.3. The first-order valence-corrected chi connectivity index (χ1v) is 8.00. The zero-order chi connectivity index (χ0) is 17.5. The molecule has 1 heterocycles. The maximum absolute atomic E-state index is 11.9. The molecule has 0 fully saturated rings. The Bertz CT molecular complexity index is 726. The third-order valence-corrected chi connectivity index (χ3v) is 4.12. The molecule has 1 N–H and O–H groups in total. The van der Waals surface area contributed by atoms with E-state index in [2.05, 4.69) is 10.1 Å². The highest BCUT2D eigenvalue weighted by atomic mass is 32.1. The average Bonchev–Trinajstić information content (AvgIpc) is 3.04. The lowest BCUT2D eigenvalue weighted by Crippen LogP contribution is -2.32. The van der Waals surface area contributed by atoms with Crippen molar-refractivity contribution in [2.75, 3.05) is 13.7 Å². The van der Waals surface area contributed by atoms with Crippen molar-refractivity contribution in [1.29, 1.82) is 0 Å². The molecule has 0 spiro atoms. The summed E-state index contributed by atoms with van der Waals surface area (Å²) in [7, 11) is 1.22. The third-order valence-electron chi connectivity index (χ3n) is 3.12. The van der Waals surface area contributed by atoms with Crippen molar-refractivity contribution in [3.05, 3.63) is 57.8 Å². The number of aryl methyl sites for hydroxylation is 1. The first-order valence-electron chi connectivity index (χ1n) is 7.18. The molecule has 1 aromatic heterocycles. The summed E-state index contributed by atoms with van der Waals surface area (Å²) in [6.07, 6.45) is -1.16. The number of carbonyl (C=O) groups is 3. The van der Waals surface area contributed by atoms with E-state index in [0.717, 1.165) is 4.88 Å². The van der Waals surface area contributed by atoms with Crippen LogP contribution in [0.25, 0.3) is 0 Å². The van der Waals surface area contributed by atoms with Gasteiger partial charge in [0.05, 0.1) is 12.0 Å². The van der Waals surface area contributed by atoms with Gasteiger partial charge in [-0.25, -0.2) is 4.79 Å². The predicted molar refractivity (Wildman–Crippen MR) is 88.7 cm³/mol. The highest BCUT2D eigenvalue weighted by molar-refractivity contribution is 7.13. The number of esters is 2. The van der Waals surface area contributed by atoms with Crippen LogP contribution >= 0.6 is 11.3 Å². The number of ether oxygens (including phenoxy) is 2. The summed E-state index contributed by atoms with van der Waals surface area (Å²) in [5, 5.41) is 2.47. The van der Waals surface area contributed by atoms with E-state index in [0.29, 0.717) is 10.4 Å². The van der Waals surface area contributed by atoms with E-state index in [1.807, 2.05) is 13.0 Å². The Morgan fingerprint density at radius 3 is 2.42 bits per heavy atom. The molecule has 0 saturated carbocycles. The van der Waals surface area contributed by atoms with Gasteiger partial charge in [-0.3, -0.25) is 9.59 Å². The van der Waals surface area contributed by atoms with Crippen molar-refractivity contribution in [1.82, 2.24) is 5.32 Å². The molecule has 0 bridgehead atoms. The normalized spacial score (nSPS) is 11.4. The molecule has 24 heavy (non-hydrogen) atoms. The second-order valence-electron chi connectivity index (χ2n) is 4.90. The summed E-state index contributed by atoms with van der Waals surface area (Å²) in [6.45, 7) is 1.55. The lowest BCUT2D eigenvalue weighted by molar-refractivity contribution is -0.166. The fourth-order valence-corrected chi connectivity index (χ4v) is 2.74. The number of hydrogen-bond acceptors (Lipinski definition) is 6. The highest BCUT2D eigenvalue weighted by Gasteiger charge is 2.25.